The molecule has 2 atom stereocenters. The molecule has 3 heterocycles. The lowest BCUT2D eigenvalue weighted by Crippen LogP contribution is -2.70. The van der Waals surface area contributed by atoms with Gasteiger partial charge in [0.2, 0.25) is 5.91 Å². The number of nitrogens with zero attached hydrogens (tertiary/aromatic N) is 2. The van der Waals surface area contributed by atoms with E-state index in [1.54, 1.807) is 24.3 Å². The van der Waals surface area contributed by atoms with Crippen molar-refractivity contribution < 1.29 is 33.6 Å². The standard InChI is InChI=1S/C26H27N3O6S/c1-2-3-7-21(31)35-19-10-8-17(9-11-19)14-20(30)27-22-24(32)29-23(26(33)34)18(16-36-25(22)29)15-28-12-5-4-6-13-28/h4-6,8-13,22,25H,2-3,7,14-16H2,1H3,(H-,27,30,33,34)/p+1. The van der Waals surface area contributed by atoms with E-state index >= 15 is 0 Å². The van der Waals surface area contributed by atoms with E-state index in [1.807, 2.05) is 42.1 Å². The number of aliphatic carboxylic acids is 1. The number of thioether (sulfide) groups is 1. The number of benzene rings is 1. The highest BCUT2D eigenvalue weighted by molar-refractivity contribution is 8.00. The molecule has 2 unspecified atom stereocenters. The summed E-state index contributed by atoms with van der Waals surface area (Å²) in [5.74, 6) is -1.35. The molecule has 1 aromatic heterocycles. The van der Waals surface area contributed by atoms with Crippen molar-refractivity contribution in [2.45, 2.75) is 50.6 Å². The van der Waals surface area contributed by atoms with E-state index in [9.17, 15) is 24.3 Å². The molecule has 9 nitrogen and oxygen atoms in total. The second-order valence-electron chi connectivity index (χ2n) is 8.66. The van der Waals surface area contributed by atoms with E-state index in [2.05, 4.69) is 5.32 Å². The molecule has 2 aromatic rings. The number of carboxylic acid groups (broad SMARTS) is 1. The molecule has 2 aliphatic rings. The lowest BCUT2D eigenvalue weighted by molar-refractivity contribution is -0.689. The third kappa shape index (κ3) is 5.76. The third-order valence-corrected chi connectivity index (χ3v) is 7.31. The van der Waals surface area contributed by atoms with Crippen LogP contribution in [0, 0.1) is 0 Å². The molecule has 4 rings (SSSR count). The average Bonchev–Trinajstić information content (AvgIpc) is 2.87. The average molecular weight is 511 g/mol. The van der Waals surface area contributed by atoms with Gasteiger partial charge >= 0.3 is 11.9 Å². The number of β-lactam (4-membered cyclic amide) rings is 1. The fourth-order valence-electron chi connectivity index (χ4n) is 4.15. The van der Waals surface area contributed by atoms with Crippen molar-refractivity contribution in [3.63, 3.8) is 0 Å². The third-order valence-electron chi connectivity index (χ3n) is 5.97. The van der Waals surface area contributed by atoms with E-state index in [0.29, 0.717) is 35.6 Å². The number of hydrogen-bond donors (Lipinski definition) is 2. The number of carboxylic acids is 1. The van der Waals surface area contributed by atoms with Crippen molar-refractivity contribution in [2.75, 3.05) is 5.75 Å². The summed E-state index contributed by atoms with van der Waals surface area (Å²) >= 11 is 1.44. The fourth-order valence-corrected chi connectivity index (χ4v) is 5.49. The highest BCUT2D eigenvalue weighted by Gasteiger charge is 2.54. The minimum atomic E-state index is -1.15. The zero-order valence-electron chi connectivity index (χ0n) is 19.9. The molecule has 1 saturated heterocycles. The van der Waals surface area contributed by atoms with Crippen molar-refractivity contribution in [1.82, 2.24) is 10.2 Å². The SMILES string of the molecule is CCCCC(=O)Oc1ccc(CC(=O)NC2C(=O)N3C(C(=O)O)=C(C[n+]4ccccc4)CSC23)cc1. The first kappa shape index (κ1) is 25.4. The number of rotatable bonds is 10. The van der Waals surface area contributed by atoms with E-state index in [4.69, 9.17) is 4.74 Å². The molecule has 2 amide bonds. The van der Waals surface area contributed by atoms with Crippen LogP contribution in [0.25, 0.3) is 0 Å². The maximum atomic E-state index is 12.9. The van der Waals surface area contributed by atoms with Gasteiger partial charge in [-0.2, -0.15) is 0 Å². The quantitative estimate of drug-likeness (QED) is 0.217. The lowest BCUT2D eigenvalue weighted by Gasteiger charge is -2.49. The Morgan fingerprint density at radius 1 is 1.17 bits per heavy atom. The van der Waals surface area contributed by atoms with Crippen LogP contribution in [0.2, 0.25) is 0 Å². The molecule has 0 spiro atoms. The highest BCUT2D eigenvalue weighted by Crippen LogP contribution is 2.40. The molecular formula is C26H28N3O6S+. The summed E-state index contributed by atoms with van der Waals surface area (Å²) in [4.78, 5) is 50.5. The lowest BCUT2D eigenvalue weighted by atomic mass is 10.0. The van der Waals surface area contributed by atoms with Gasteiger partial charge in [0.1, 0.15) is 22.9 Å². The van der Waals surface area contributed by atoms with Gasteiger partial charge < -0.3 is 15.2 Å². The summed E-state index contributed by atoms with van der Waals surface area (Å²) in [6, 6.07) is 11.5. The predicted octanol–water partition coefficient (Wildman–Crippen LogP) is 2.05. The molecular weight excluding hydrogens is 482 g/mol. The number of esters is 1. The van der Waals surface area contributed by atoms with Crippen LogP contribution in [0.5, 0.6) is 5.75 Å². The Morgan fingerprint density at radius 3 is 2.56 bits per heavy atom. The maximum absolute atomic E-state index is 12.9. The number of nitrogens with one attached hydrogen (secondary N) is 1. The van der Waals surface area contributed by atoms with Crippen LogP contribution in [0.15, 0.2) is 66.1 Å². The topological polar surface area (TPSA) is 117 Å². The van der Waals surface area contributed by atoms with Crippen molar-refractivity contribution in [2.24, 2.45) is 0 Å². The number of ether oxygens (including phenoxy) is 1. The number of fused-ring (bicyclic) bond motifs is 1. The molecule has 0 radical (unpaired) electrons. The number of aromatic nitrogens is 1. The number of hydrogen-bond acceptors (Lipinski definition) is 6. The van der Waals surface area contributed by atoms with Crippen molar-refractivity contribution in [3.05, 3.63) is 71.7 Å². The molecule has 2 N–H and O–H groups in total. The smallest absolute Gasteiger partial charge is 0.352 e. The Bertz CT molecular complexity index is 1180. The normalized spacial score (nSPS) is 18.8. The van der Waals surface area contributed by atoms with Crippen LogP contribution >= 0.6 is 11.8 Å². The Morgan fingerprint density at radius 2 is 1.89 bits per heavy atom. The second-order valence-corrected chi connectivity index (χ2v) is 9.76. The van der Waals surface area contributed by atoms with Gasteiger partial charge in [-0.25, -0.2) is 9.36 Å². The number of unbranched alkanes of at least 4 members (excludes halogenated alkanes) is 1. The van der Waals surface area contributed by atoms with Gasteiger partial charge in [-0.1, -0.05) is 31.5 Å². The van der Waals surface area contributed by atoms with Crippen molar-refractivity contribution in [1.29, 1.82) is 0 Å². The molecule has 0 saturated carbocycles. The summed E-state index contributed by atoms with van der Waals surface area (Å²) in [7, 11) is 0. The Labute approximate surface area is 213 Å². The first-order valence-electron chi connectivity index (χ1n) is 11.8. The van der Waals surface area contributed by atoms with Gasteiger partial charge in [-0.3, -0.25) is 19.3 Å². The van der Waals surface area contributed by atoms with Crippen LogP contribution < -0.4 is 14.6 Å². The molecule has 188 valence electrons. The zero-order valence-corrected chi connectivity index (χ0v) is 20.7. The molecule has 10 heteroatoms. The van der Waals surface area contributed by atoms with Crippen LogP contribution in [0.1, 0.15) is 31.7 Å². The zero-order chi connectivity index (χ0) is 25.7. The van der Waals surface area contributed by atoms with E-state index < -0.39 is 23.3 Å². The molecule has 1 fully saturated rings. The first-order chi connectivity index (χ1) is 17.4. The summed E-state index contributed by atoms with van der Waals surface area (Å²) < 4.78 is 7.13. The number of amides is 2. The summed E-state index contributed by atoms with van der Waals surface area (Å²) in [5.41, 5.74) is 1.34. The number of carbonyl (C=O) groups excluding carboxylic acids is 3. The minimum Gasteiger partial charge on any atom is -0.477 e. The summed E-state index contributed by atoms with van der Waals surface area (Å²) in [6.07, 6.45) is 5.76. The molecule has 36 heavy (non-hydrogen) atoms. The van der Waals surface area contributed by atoms with E-state index in [0.717, 1.165) is 12.8 Å². The molecule has 0 bridgehead atoms. The monoisotopic (exact) mass is 510 g/mol. The Balaban J connectivity index is 1.35. The van der Waals surface area contributed by atoms with Crippen LogP contribution in [-0.4, -0.2) is 50.9 Å². The van der Waals surface area contributed by atoms with Gasteiger partial charge in [0, 0.05) is 29.9 Å². The minimum absolute atomic E-state index is 0.00493. The Kier molecular flexibility index (Phi) is 8.04. The summed E-state index contributed by atoms with van der Waals surface area (Å²) in [5, 5.41) is 12.1. The highest BCUT2D eigenvalue weighted by atomic mass is 32.2. The van der Waals surface area contributed by atoms with Crippen LogP contribution in [0.4, 0.5) is 0 Å². The van der Waals surface area contributed by atoms with Crippen molar-refractivity contribution >= 4 is 35.5 Å². The summed E-state index contributed by atoms with van der Waals surface area (Å²) in [6.45, 7) is 2.37. The van der Waals surface area contributed by atoms with E-state index in [1.165, 1.54) is 16.7 Å². The van der Waals surface area contributed by atoms with Crippen LogP contribution in [-0.2, 0) is 32.1 Å². The van der Waals surface area contributed by atoms with Gasteiger partial charge in [0.25, 0.3) is 5.91 Å². The second kappa shape index (κ2) is 11.4. The van der Waals surface area contributed by atoms with E-state index in [-0.39, 0.29) is 24.0 Å². The maximum Gasteiger partial charge on any atom is 0.352 e. The molecule has 2 aliphatic heterocycles. The number of pyridine rings is 1. The van der Waals surface area contributed by atoms with Crippen molar-refractivity contribution in [3.8, 4) is 5.75 Å². The first-order valence-corrected chi connectivity index (χ1v) is 12.8. The predicted molar refractivity (Wildman–Crippen MR) is 132 cm³/mol. The van der Waals surface area contributed by atoms with Gasteiger partial charge in [0.05, 0.1) is 6.42 Å². The largest absolute Gasteiger partial charge is 0.477 e. The van der Waals surface area contributed by atoms with Gasteiger partial charge in [0.15, 0.2) is 18.9 Å². The van der Waals surface area contributed by atoms with Gasteiger partial charge in [-0.15, -0.1) is 11.8 Å². The number of carbonyl (C=O) groups is 4. The molecule has 1 aromatic carbocycles. The Hall–Kier alpha value is -3.66. The van der Waals surface area contributed by atoms with Crippen LogP contribution in [0.3, 0.4) is 0 Å². The molecule has 0 aliphatic carbocycles. The van der Waals surface area contributed by atoms with Gasteiger partial charge in [-0.05, 0) is 24.1 Å². The fraction of sp³-hybridized carbons (Fsp3) is 0.346.